The molecule has 140 valence electrons. The van der Waals surface area contributed by atoms with E-state index in [-0.39, 0.29) is 23.9 Å². The van der Waals surface area contributed by atoms with Gasteiger partial charge in [0.2, 0.25) is 0 Å². The van der Waals surface area contributed by atoms with Crippen LogP contribution in [0.3, 0.4) is 0 Å². The second-order valence-electron chi connectivity index (χ2n) is 7.49. The minimum absolute atomic E-state index is 0.198. The molecule has 0 spiro atoms. The Morgan fingerprint density at radius 1 is 1.15 bits per heavy atom. The van der Waals surface area contributed by atoms with Crippen molar-refractivity contribution in [2.75, 3.05) is 7.11 Å². The van der Waals surface area contributed by atoms with Gasteiger partial charge in [0.15, 0.2) is 11.5 Å². The van der Waals surface area contributed by atoms with Crippen LogP contribution < -0.4 is 9.47 Å². The first-order chi connectivity index (χ1) is 12.6. The lowest BCUT2D eigenvalue weighted by Gasteiger charge is -2.29. The number of carbonyl (C=O) groups is 1. The summed E-state index contributed by atoms with van der Waals surface area (Å²) in [6.07, 6.45) is 7.61. The average Bonchev–Trinajstić information content (AvgIpc) is 3.16. The zero-order valence-corrected chi connectivity index (χ0v) is 15.3. The number of ether oxygens (including phenoxy) is 2. The third kappa shape index (κ3) is 4.12. The molecular weight excluding hydrogens is 330 g/mol. The molecule has 1 atom stereocenters. The van der Waals surface area contributed by atoms with Crippen LogP contribution in [0.4, 0.5) is 0 Å². The lowest BCUT2D eigenvalue weighted by atomic mass is 9.74. The number of hydrogen-bond acceptors (Lipinski definition) is 4. The van der Waals surface area contributed by atoms with Gasteiger partial charge in [0.25, 0.3) is 0 Å². The molecule has 5 heteroatoms. The number of aliphatic carboxylic acids is 1. The summed E-state index contributed by atoms with van der Waals surface area (Å²) in [6.45, 7) is 0. The van der Waals surface area contributed by atoms with Gasteiger partial charge in [0, 0.05) is 0 Å². The van der Waals surface area contributed by atoms with Crippen LogP contribution in [0.15, 0.2) is 18.2 Å². The topological polar surface area (TPSA) is 79.5 Å². The Kier molecular flexibility index (Phi) is 6.03. The average molecular weight is 357 g/mol. The number of hydrogen-bond donors (Lipinski definition) is 1. The molecule has 1 aromatic carbocycles. The summed E-state index contributed by atoms with van der Waals surface area (Å²) in [5.41, 5.74) is 0.945. The van der Waals surface area contributed by atoms with Crippen molar-refractivity contribution in [2.24, 2.45) is 11.8 Å². The first-order valence-corrected chi connectivity index (χ1v) is 9.59. The van der Waals surface area contributed by atoms with Crippen LogP contribution in [-0.2, 0) is 4.79 Å². The van der Waals surface area contributed by atoms with E-state index in [1.165, 1.54) is 12.8 Å². The molecule has 3 rings (SSSR count). The summed E-state index contributed by atoms with van der Waals surface area (Å²) in [5.74, 6) is 0.407. The van der Waals surface area contributed by atoms with Crippen molar-refractivity contribution in [1.29, 1.82) is 5.26 Å². The molecule has 0 bridgehead atoms. The van der Waals surface area contributed by atoms with Crippen LogP contribution in [0, 0.1) is 23.2 Å². The highest BCUT2D eigenvalue weighted by molar-refractivity contribution is 5.70. The first-order valence-electron chi connectivity index (χ1n) is 9.59. The molecule has 0 saturated heterocycles. The molecule has 5 nitrogen and oxygen atoms in total. The van der Waals surface area contributed by atoms with E-state index < -0.39 is 5.97 Å². The first kappa shape index (κ1) is 18.6. The van der Waals surface area contributed by atoms with Gasteiger partial charge in [-0.1, -0.05) is 6.07 Å². The van der Waals surface area contributed by atoms with E-state index in [0.717, 1.165) is 37.0 Å². The summed E-state index contributed by atoms with van der Waals surface area (Å²) >= 11 is 0. The van der Waals surface area contributed by atoms with Crippen molar-refractivity contribution in [3.05, 3.63) is 23.8 Å². The second-order valence-corrected chi connectivity index (χ2v) is 7.49. The molecule has 2 saturated carbocycles. The smallest absolute Gasteiger partial charge is 0.306 e. The molecule has 26 heavy (non-hydrogen) atoms. The monoisotopic (exact) mass is 357 g/mol. The molecule has 0 radical (unpaired) electrons. The second kappa shape index (κ2) is 8.44. The number of carboxylic acids is 1. The standard InChI is InChI=1S/C21H27NO4/c1-25-19-11-10-16(12-20(19)26-17-4-2-3-5-17)18(13-22)14-6-8-15(9-7-14)21(23)24/h10-12,14-15,17-18H,2-9H2,1H3,(H,23,24)/t14?,15?,18-/m0/s1. The van der Waals surface area contributed by atoms with Crippen LogP contribution in [0.25, 0.3) is 0 Å². The zero-order valence-electron chi connectivity index (χ0n) is 15.3. The highest BCUT2D eigenvalue weighted by atomic mass is 16.5. The predicted molar refractivity (Wildman–Crippen MR) is 97.3 cm³/mol. The number of methoxy groups -OCH3 is 1. The van der Waals surface area contributed by atoms with Gasteiger partial charge in [0.1, 0.15) is 0 Å². The number of rotatable bonds is 6. The van der Waals surface area contributed by atoms with E-state index in [1.807, 2.05) is 18.2 Å². The van der Waals surface area contributed by atoms with Crippen LogP contribution in [0.2, 0.25) is 0 Å². The van der Waals surface area contributed by atoms with E-state index in [9.17, 15) is 15.2 Å². The molecule has 2 aliphatic carbocycles. The quantitative estimate of drug-likeness (QED) is 0.810. The molecule has 1 N–H and O–H groups in total. The van der Waals surface area contributed by atoms with Gasteiger partial charge in [-0.05, 0) is 75.0 Å². The lowest BCUT2D eigenvalue weighted by Crippen LogP contribution is -2.24. The highest BCUT2D eigenvalue weighted by Gasteiger charge is 2.32. The fourth-order valence-corrected chi connectivity index (χ4v) is 4.32. The Morgan fingerprint density at radius 3 is 2.42 bits per heavy atom. The van der Waals surface area contributed by atoms with Crippen molar-refractivity contribution in [3.8, 4) is 17.6 Å². The van der Waals surface area contributed by atoms with Gasteiger partial charge in [-0.2, -0.15) is 5.26 Å². The number of carboxylic acid groups (broad SMARTS) is 1. The molecule has 0 unspecified atom stereocenters. The molecule has 2 fully saturated rings. The van der Waals surface area contributed by atoms with Crippen LogP contribution in [-0.4, -0.2) is 24.3 Å². The fourth-order valence-electron chi connectivity index (χ4n) is 4.32. The van der Waals surface area contributed by atoms with E-state index in [4.69, 9.17) is 9.47 Å². The Morgan fingerprint density at radius 2 is 1.85 bits per heavy atom. The maximum atomic E-state index is 11.2. The summed E-state index contributed by atoms with van der Waals surface area (Å²) in [6, 6.07) is 8.22. The van der Waals surface area contributed by atoms with Crippen molar-refractivity contribution in [2.45, 2.75) is 63.4 Å². The van der Waals surface area contributed by atoms with Crippen LogP contribution in [0.5, 0.6) is 11.5 Å². The van der Waals surface area contributed by atoms with Crippen LogP contribution in [0.1, 0.15) is 62.8 Å². The van der Waals surface area contributed by atoms with Crippen molar-refractivity contribution in [3.63, 3.8) is 0 Å². The molecule has 0 aromatic heterocycles. The fraction of sp³-hybridized carbons (Fsp3) is 0.619. The predicted octanol–water partition coefficient (Wildman–Crippen LogP) is 4.51. The number of nitriles is 1. The molecule has 0 aliphatic heterocycles. The highest BCUT2D eigenvalue weighted by Crippen LogP contribution is 2.41. The zero-order chi connectivity index (χ0) is 18.5. The Bertz CT molecular complexity index is 667. The van der Waals surface area contributed by atoms with Gasteiger partial charge in [-0.15, -0.1) is 0 Å². The van der Waals surface area contributed by atoms with Gasteiger partial charge in [-0.3, -0.25) is 4.79 Å². The van der Waals surface area contributed by atoms with E-state index in [0.29, 0.717) is 18.6 Å². The summed E-state index contributed by atoms with van der Waals surface area (Å²) in [5, 5.41) is 18.9. The normalized spacial score (nSPS) is 24.6. The Hall–Kier alpha value is -2.22. The maximum absolute atomic E-state index is 11.2. The lowest BCUT2D eigenvalue weighted by molar-refractivity contribution is -0.143. The van der Waals surface area contributed by atoms with Gasteiger partial charge in [0.05, 0.1) is 31.1 Å². The SMILES string of the molecule is COc1ccc([C@@H](C#N)C2CCC(C(=O)O)CC2)cc1OC1CCCC1. The maximum Gasteiger partial charge on any atom is 0.306 e. The third-order valence-corrected chi connectivity index (χ3v) is 5.87. The molecule has 2 aliphatic rings. The van der Waals surface area contributed by atoms with Crippen molar-refractivity contribution < 1.29 is 19.4 Å². The van der Waals surface area contributed by atoms with Gasteiger partial charge < -0.3 is 14.6 Å². The Balaban J connectivity index is 1.76. The minimum atomic E-state index is -0.714. The van der Waals surface area contributed by atoms with Gasteiger partial charge >= 0.3 is 5.97 Å². The van der Waals surface area contributed by atoms with Gasteiger partial charge in [-0.25, -0.2) is 0 Å². The summed E-state index contributed by atoms with van der Waals surface area (Å²) in [7, 11) is 1.63. The summed E-state index contributed by atoms with van der Waals surface area (Å²) < 4.78 is 11.6. The third-order valence-electron chi connectivity index (χ3n) is 5.87. The van der Waals surface area contributed by atoms with E-state index >= 15 is 0 Å². The largest absolute Gasteiger partial charge is 0.493 e. The minimum Gasteiger partial charge on any atom is -0.493 e. The number of nitrogens with zero attached hydrogens (tertiary/aromatic N) is 1. The summed E-state index contributed by atoms with van der Waals surface area (Å²) in [4.78, 5) is 11.2. The molecular formula is C21H27NO4. The molecule has 0 heterocycles. The Labute approximate surface area is 154 Å². The number of benzene rings is 1. The van der Waals surface area contributed by atoms with E-state index in [1.54, 1.807) is 7.11 Å². The van der Waals surface area contributed by atoms with E-state index in [2.05, 4.69) is 6.07 Å². The van der Waals surface area contributed by atoms with Crippen LogP contribution >= 0.6 is 0 Å². The van der Waals surface area contributed by atoms with Crippen molar-refractivity contribution >= 4 is 5.97 Å². The molecule has 0 amide bonds. The molecule has 1 aromatic rings. The van der Waals surface area contributed by atoms with Crippen molar-refractivity contribution in [1.82, 2.24) is 0 Å².